The van der Waals surface area contributed by atoms with E-state index in [-0.39, 0.29) is 11.4 Å². The number of fused-ring (bicyclic) bond motifs is 5. The zero-order valence-electron chi connectivity index (χ0n) is 12.9. The number of imide groups is 1. The average Bonchev–Trinajstić information content (AvgIpc) is 3.21. The molecule has 0 N–H and O–H groups in total. The summed E-state index contributed by atoms with van der Waals surface area (Å²) in [5.41, 5.74) is -0.422. The van der Waals surface area contributed by atoms with E-state index < -0.39 is 52.4 Å². The summed E-state index contributed by atoms with van der Waals surface area (Å²) >= 11 is 0. The number of ether oxygens (including phenoxy) is 2. The fourth-order valence-electron chi connectivity index (χ4n) is 3.59. The Morgan fingerprint density at radius 3 is 2.32 bits per heavy atom. The number of nitro groups is 1. The van der Waals surface area contributed by atoms with E-state index in [0.29, 0.717) is 0 Å². The molecule has 0 aromatic heterocycles. The summed E-state index contributed by atoms with van der Waals surface area (Å²) in [6.07, 6.45) is 2.64. The van der Waals surface area contributed by atoms with Crippen molar-refractivity contribution < 1.29 is 28.8 Å². The number of hydrogen-bond donors (Lipinski definition) is 0. The Morgan fingerprint density at radius 1 is 1.20 bits per heavy atom. The Bertz CT molecular complexity index is 832. The third kappa shape index (κ3) is 2.16. The molecule has 4 atom stereocenters. The largest absolute Gasteiger partial charge is 0.419 e. The monoisotopic (exact) mass is 344 g/mol. The first-order valence-corrected chi connectivity index (χ1v) is 7.57. The minimum absolute atomic E-state index is 0.0754. The second kappa shape index (κ2) is 5.21. The summed E-state index contributed by atoms with van der Waals surface area (Å²) in [4.78, 5) is 47.9. The van der Waals surface area contributed by atoms with E-state index >= 15 is 0 Å². The Hall–Kier alpha value is -3.07. The molecule has 2 amide bonds. The minimum atomic E-state index is -0.734. The van der Waals surface area contributed by atoms with Crippen LogP contribution in [0.3, 0.4) is 0 Å². The van der Waals surface area contributed by atoms with Gasteiger partial charge in [0.2, 0.25) is 17.6 Å². The van der Waals surface area contributed by atoms with Crippen molar-refractivity contribution in [2.45, 2.75) is 19.1 Å². The van der Waals surface area contributed by atoms with Crippen LogP contribution in [0.5, 0.6) is 5.75 Å². The number of anilines is 1. The molecular weight excluding hydrogens is 332 g/mol. The molecule has 0 unspecified atom stereocenters. The van der Waals surface area contributed by atoms with Gasteiger partial charge < -0.3 is 9.47 Å². The predicted octanol–water partition coefficient (Wildman–Crippen LogP) is 0.963. The van der Waals surface area contributed by atoms with E-state index in [2.05, 4.69) is 0 Å². The van der Waals surface area contributed by atoms with E-state index in [1.807, 2.05) is 0 Å². The quantitative estimate of drug-likeness (QED) is 0.200. The lowest BCUT2D eigenvalue weighted by atomic mass is 9.85. The zero-order valence-corrected chi connectivity index (χ0v) is 12.9. The molecule has 1 aromatic carbocycles. The van der Waals surface area contributed by atoms with E-state index in [0.717, 1.165) is 17.9 Å². The van der Waals surface area contributed by atoms with E-state index in [4.69, 9.17) is 9.47 Å². The van der Waals surface area contributed by atoms with Crippen LogP contribution < -0.4 is 9.64 Å². The van der Waals surface area contributed by atoms with Crippen molar-refractivity contribution in [2.75, 3.05) is 4.90 Å². The molecule has 0 radical (unpaired) electrons. The van der Waals surface area contributed by atoms with Gasteiger partial charge >= 0.3 is 11.7 Å². The van der Waals surface area contributed by atoms with Crippen LogP contribution in [0.1, 0.15) is 6.92 Å². The molecule has 1 aromatic rings. The minimum Gasteiger partial charge on any atom is -0.419 e. The summed E-state index contributed by atoms with van der Waals surface area (Å²) in [6, 6.07) is 3.61. The highest BCUT2D eigenvalue weighted by Gasteiger charge is 2.61. The molecule has 2 saturated heterocycles. The Kier molecular flexibility index (Phi) is 3.22. The summed E-state index contributed by atoms with van der Waals surface area (Å²) in [6.45, 7) is 1.12. The number of amides is 2. The van der Waals surface area contributed by atoms with Crippen LogP contribution in [-0.2, 0) is 19.1 Å². The maximum atomic E-state index is 12.7. The lowest BCUT2D eigenvalue weighted by molar-refractivity contribution is -0.385. The van der Waals surface area contributed by atoms with Crippen LogP contribution in [0.15, 0.2) is 30.4 Å². The first kappa shape index (κ1) is 15.5. The number of nitrogens with zero attached hydrogens (tertiary/aromatic N) is 2. The molecule has 9 nitrogen and oxygen atoms in total. The van der Waals surface area contributed by atoms with Gasteiger partial charge in [-0.25, -0.2) is 4.90 Å². The van der Waals surface area contributed by atoms with Crippen molar-refractivity contribution >= 4 is 29.2 Å². The number of benzene rings is 1. The van der Waals surface area contributed by atoms with Gasteiger partial charge in [-0.2, -0.15) is 0 Å². The van der Waals surface area contributed by atoms with Gasteiger partial charge in [-0.1, -0.05) is 12.2 Å². The summed E-state index contributed by atoms with van der Waals surface area (Å²) in [5, 5.41) is 11.2. The zero-order chi connectivity index (χ0) is 17.9. The fraction of sp³-hybridized carbons (Fsp3) is 0.312. The van der Waals surface area contributed by atoms with Gasteiger partial charge in [0.15, 0.2) is 0 Å². The highest BCUT2D eigenvalue weighted by atomic mass is 16.6. The predicted molar refractivity (Wildman–Crippen MR) is 81.7 cm³/mol. The standard InChI is InChI=1S/C16H12N2O7/c1-7(19)24-10-3-2-8(6-9(10)18(22)23)17-15(20)13-11-4-5-12(25-11)14(13)16(17)21/h2-6,11-14H,1H3/t11-,12-,13-,14-/m0/s1. The van der Waals surface area contributed by atoms with Crippen molar-refractivity contribution in [1.82, 2.24) is 0 Å². The molecule has 128 valence electrons. The van der Waals surface area contributed by atoms with Crippen LogP contribution in [0, 0.1) is 22.0 Å². The summed E-state index contributed by atoms with van der Waals surface area (Å²) < 4.78 is 10.3. The summed E-state index contributed by atoms with van der Waals surface area (Å²) in [7, 11) is 0. The number of carbonyl (C=O) groups is 3. The normalized spacial score (nSPS) is 29.2. The molecule has 25 heavy (non-hydrogen) atoms. The van der Waals surface area contributed by atoms with Gasteiger partial charge in [0.25, 0.3) is 0 Å². The van der Waals surface area contributed by atoms with Crippen LogP contribution >= 0.6 is 0 Å². The lowest BCUT2D eigenvalue weighted by Crippen LogP contribution is -2.34. The van der Waals surface area contributed by atoms with Crippen LogP contribution in [0.25, 0.3) is 0 Å². The maximum Gasteiger partial charge on any atom is 0.313 e. The Balaban J connectivity index is 1.72. The molecule has 2 fully saturated rings. The number of esters is 1. The number of nitro benzene ring substituents is 1. The fourth-order valence-corrected chi connectivity index (χ4v) is 3.59. The Morgan fingerprint density at radius 2 is 1.80 bits per heavy atom. The molecule has 0 saturated carbocycles. The first-order valence-electron chi connectivity index (χ1n) is 7.57. The second-order valence-corrected chi connectivity index (χ2v) is 6.02. The van der Waals surface area contributed by atoms with Gasteiger partial charge in [0, 0.05) is 13.0 Å². The smallest absolute Gasteiger partial charge is 0.313 e. The lowest BCUT2D eigenvalue weighted by Gasteiger charge is -2.17. The van der Waals surface area contributed by atoms with Crippen molar-refractivity contribution in [1.29, 1.82) is 0 Å². The topological polar surface area (TPSA) is 116 Å². The molecule has 3 heterocycles. The van der Waals surface area contributed by atoms with E-state index in [9.17, 15) is 24.5 Å². The van der Waals surface area contributed by atoms with E-state index in [1.165, 1.54) is 12.1 Å². The van der Waals surface area contributed by atoms with Crippen molar-refractivity contribution in [2.24, 2.45) is 11.8 Å². The van der Waals surface area contributed by atoms with Crippen LogP contribution in [0.2, 0.25) is 0 Å². The third-order valence-corrected chi connectivity index (χ3v) is 4.56. The first-order chi connectivity index (χ1) is 11.9. The van der Waals surface area contributed by atoms with Gasteiger partial charge in [0.05, 0.1) is 34.7 Å². The molecule has 9 heteroatoms. The molecule has 3 aliphatic heterocycles. The van der Waals surface area contributed by atoms with Gasteiger partial charge in [-0.3, -0.25) is 24.5 Å². The SMILES string of the molecule is CC(=O)Oc1ccc(N2C(=O)[C@@H]3[C@@H](C2=O)[C@@H]2C=C[C@@H]3O2)cc1[N+](=O)[O-]. The average molecular weight is 344 g/mol. The van der Waals surface area contributed by atoms with Crippen molar-refractivity contribution in [3.63, 3.8) is 0 Å². The number of rotatable bonds is 3. The molecule has 4 rings (SSSR count). The van der Waals surface area contributed by atoms with Gasteiger partial charge in [-0.15, -0.1) is 0 Å². The maximum absolute atomic E-state index is 12.7. The number of hydrogen-bond acceptors (Lipinski definition) is 7. The number of carbonyl (C=O) groups excluding carboxylic acids is 3. The van der Waals surface area contributed by atoms with Crippen molar-refractivity contribution in [3.05, 3.63) is 40.5 Å². The molecular formula is C16H12N2O7. The van der Waals surface area contributed by atoms with Gasteiger partial charge in [-0.05, 0) is 12.1 Å². The summed E-state index contributed by atoms with van der Waals surface area (Å²) in [5.74, 6) is -3.05. The highest BCUT2D eigenvalue weighted by Crippen LogP contribution is 2.47. The third-order valence-electron chi connectivity index (χ3n) is 4.56. The molecule has 3 aliphatic rings. The van der Waals surface area contributed by atoms with Crippen molar-refractivity contribution in [3.8, 4) is 5.75 Å². The second-order valence-electron chi connectivity index (χ2n) is 6.02. The van der Waals surface area contributed by atoms with Gasteiger partial charge in [0.1, 0.15) is 0 Å². The van der Waals surface area contributed by atoms with Crippen LogP contribution in [-0.4, -0.2) is 34.9 Å². The molecule has 0 aliphatic carbocycles. The van der Waals surface area contributed by atoms with E-state index in [1.54, 1.807) is 12.2 Å². The van der Waals surface area contributed by atoms with Crippen LogP contribution in [0.4, 0.5) is 11.4 Å². The molecule has 0 spiro atoms. The highest BCUT2D eigenvalue weighted by molar-refractivity contribution is 6.23. The molecule has 2 bridgehead atoms. The Labute approximate surface area is 140 Å².